The highest BCUT2D eigenvalue weighted by molar-refractivity contribution is 6.33. The predicted molar refractivity (Wildman–Crippen MR) is 138 cm³/mol. The Bertz CT molecular complexity index is 1330. The van der Waals surface area contributed by atoms with Gasteiger partial charge in [0.15, 0.2) is 0 Å². The second-order valence-corrected chi connectivity index (χ2v) is 9.37. The summed E-state index contributed by atoms with van der Waals surface area (Å²) in [7, 11) is 0. The smallest absolute Gasteiger partial charge is 0.276 e. The number of nitrogens with zero attached hydrogens (tertiary/aromatic N) is 3. The van der Waals surface area contributed by atoms with E-state index in [1.807, 2.05) is 44.2 Å². The number of anilines is 1. The average molecular weight is 484 g/mol. The van der Waals surface area contributed by atoms with Crippen molar-refractivity contribution in [3.63, 3.8) is 0 Å². The van der Waals surface area contributed by atoms with Gasteiger partial charge in [-0.15, -0.1) is 0 Å². The Balaban J connectivity index is 1.61. The third-order valence-electron chi connectivity index (χ3n) is 7.17. The molecule has 1 unspecified atom stereocenters. The molecule has 0 aliphatic carbocycles. The normalized spacial score (nSPS) is 15.6. The number of para-hydroxylation sites is 1. The molecule has 0 aromatic heterocycles. The fraction of sp³-hybridized carbons (Fsp3) is 0.310. The average Bonchev–Trinajstić information content (AvgIpc) is 2.89. The van der Waals surface area contributed by atoms with Crippen LogP contribution in [0.25, 0.3) is 10.8 Å². The van der Waals surface area contributed by atoms with Crippen LogP contribution in [-0.2, 0) is 0 Å². The molecule has 0 fully saturated rings. The van der Waals surface area contributed by atoms with Crippen molar-refractivity contribution in [1.29, 1.82) is 0 Å². The summed E-state index contributed by atoms with van der Waals surface area (Å²) in [4.78, 5) is 55.7. The van der Waals surface area contributed by atoms with Gasteiger partial charge in [-0.2, -0.15) is 5.01 Å². The number of rotatable bonds is 8. The fourth-order valence-electron chi connectivity index (χ4n) is 5.36. The van der Waals surface area contributed by atoms with Gasteiger partial charge in [0.05, 0.1) is 16.8 Å². The van der Waals surface area contributed by atoms with Crippen LogP contribution in [0.2, 0.25) is 0 Å². The van der Waals surface area contributed by atoms with Crippen molar-refractivity contribution in [2.24, 2.45) is 0 Å². The number of carbonyl (C=O) groups is 4. The SMILES string of the molecule is CCCCCC(C)N1C(=O)c2ccc3c4c(ccc(c24)C1=O)C(=O)N(N(CC)c1ccccc1)C3=O. The number of hydrazine groups is 1. The lowest BCUT2D eigenvalue weighted by atomic mass is 9.85. The van der Waals surface area contributed by atoms with Crippen LogP contribution in [0.4, 0.5) is 5.69 Å². The molecule has 2 heterocycles. The quantitative estimate of drug-likeness (QED) is 0.315. The summed E-state index contributed by atoms with van der Waals surface area (Å²) in [5, 5.41) is 3.59. The Kier molecular flexibility index (Phi) is 6.08. The van der Waals surface area contributed by atoms with E-state index in [0.29, 0.717) is 45.3 Å². The van der Waals surface area contributed by atoms with Gasteiger partial charge in [-0.25, -0.2) is 0 Å². The molecule has 184 valence electrons. The lowest BCUT2D eigenvalue weighted by molar-refractivity contribution is 0.0534. The molecule has 7 nitrogen and oxygen atoms in total. The van der Waals surface area contributed by atoms with Crippen LogP contribution in [0, 0.1) is 0 Å². The maximum absolute atomic E-state index is 13.7. The van der Waals surface area contributed by atoms with E-state index in [9.17, 15) is 19.2 Å². The molecule has 0 saturated carbocycles. The first kappa shape index (κ1) is 23.7. The van der Waals surface area contributed by atoms with E-state index in [1.165, 1.54) is 4.90 Å². The molecule has 5 rings (SSSR count). The molecule has 2 aliphatic heterocycles. The summed E-state index contributed by atoms with van der Waals surface area (Å²) in [6, 6.07) is 15.5. The van der Waals surface area contributed by atoms with E-state index < -0.39 is 11.8 Å². The van der Waals surface area contributed by atoms with Crippen LogP contribution >= 0.6 is 0 Å². The van der Waals surface area contributed by atoms with Crippen LogP contribution in [-0.4, -0.2) is 46.1 Å². The third-order valence-corrected chi connectivity index (χ3v) is 7.17. The van der Waals surface area contributed by atoms with Gasteiger partial charge in [0, 0.05) is 34.5 Å². The van der Waals surface area contributed by atoms with E-state index in [-0.39, 0.29) is 17.9 Å². The minimum atomic E-state index is -0.475. The van der Waals surface area contributed by atoms with Gasteiger partial charge in [-0.1, -0.05) is 44.4 Å². The lowest BCUT2D eigenvalue weighted by Crippen LogP contribution is -2.52. The molecule has 0 N–H and O–H groups in total. The topological polar surface area (TPSA) is 78.0 Å². The Hall–Kier alpha value is -4.00. The molecule has 1 atom stereocenters. The Morgan fingerprint density at radius 1 is 0.694 bits per heavy atom. The third kappa shape index (κ3) is 3.49. The molecule has 0 radical (unpaired) electrons. The zero-order chi connectivity index (χ0) is 25.6. The van der Waals surface area contributed by atoms with Crippen LogP contribution in [0.3, 0.4) is 0 Å². The Labute approximate surface area is 210 Å². The van der Waals surface area contributed by atoms with E-state index in [0.717, 1.165) is 30.7 Å². The van der Waals surface area contributed by atoms with Gasteiger partial charge in [-0.05, 0) is 56.7 Å². The second-order valence-electron chi connectivity index (χ2n) is 9.37. The molecule has 2 aliphatic rings. The summed E-state index contributed by atoms with van der Waals surface area (Å²) in [6.07, 6.45) is 3.76. The van der Waals surface area contributed by atoms with Crippen LogP contribution in [0.5, 0.6) is 0 Å². The van der Waals surface area contributed by atoms with Crippen LogP contribution in [0.1, 0.15) is 87.9 Å². The fourth-order valence-corrected chi connectivity index (χ4v) is 5.36. The zero-order valence-corrected chi connectivity index (χ0v) is 20.8. The number of carbonyl (C=O) groups excluding carboxylic acids is 4. The van der Waals surface area contributed by atoms with Crippen molar-refractivity contribution in [3.05, 3.63) is 76.9 Å². The number of amides is 4. The molecule has 3 aromatic rings. The Morgan fingerprint density at radius 3 is 1.67 bits per heavy atom. The maximum atomic E-state index is 13.7. The van der Waals surface area contributed by atoms with Crippen molar-refractivity contribution in [3.8, 4) is 0 Å². The van der Waals surface area contributed by atoms with Crippen LogP contribution < -0.4 is 5.01 Å². The van der Waals surface area contributed by atoms with Crippen molar-refractivity contribution >= 4 is 40.1 Å². The largest absolute Gasteiger partial charge is 0.280 e. The molecule has 0 spiro atoms. The van der Waals surface area contributed by atoms with Gasteiger partial charge in [0.25, 0.3) is 23.6 Å². The first-order valence-corrected chi connectivity index (χ1v) is 12.6. The van der Waals surface area contributed by atoms with E-state index in [4.69, 9.17) is 0 Å². The minimum absolute atomic E-state index is 0.241. The van der Waals surface area contributed by atoms with E-state index >= 15 is 0 Å². The molecule has 0 bridgehead atoms. The predicted octanol–water partition coefficient (Wildman–Crippen LogP) is 5.44. The summed E-state index contributed by atoms with van der Waals surface area (Å²) in [5.41, 5.74) is 2.05. The number of unbranched alkanes of at least 4 members (excludes halogenated alkanes) is 2. The van der Waals surface area contributed by atoms with Gasteiger partial charge < -0.3 is 0 Å². The number of benzene rings is 3. The van der Waals surface area contributed by atoms with Crippen LogP contribution in [0.15, 0.2) is 54.6 Å². The highest BCUT2D eigenvalue weighted by Crippen LogP contribution is 2.39. The highest BCUT2D eigenvalue weighted by atomic mass is 16.2. The van der Waals surface area contributed by atoms with Crippen molar-refractivity contribution in [1.82, 2.24) is 9.91 Å². The van der Waals surface area contributed by atoms with E-state index in [1.54, 1.807) is 29.3 Å². The van der Waals surface area contributed by atoms with Gasteiger partial charge in [-0.3, -0.25) is 29.1 Å². The summed E-state index contributed by atoms with van der Waals surface area (Å²) in [5.74, 6) is -1.70. The highest BCUT2D eigenvalue weighted by Gasteiger charge is 2.42. The maximum Gasteiger partial charge on any atom is 0.280 e. The second kappa shape index (κ2) is 9.22. The molecule has 7 heteroatoms. The molecule has 36 heavy (non-hydrogen) atoms. The monoisotopic (exact) mass is 483 g/mol. The Morgan fingerprint density at radius 2 is 1.19 bits per heavy atom. The van der Waals surface area contributed by atoms with Gasteiger partial charge in [0.1, 0.15) is 0 Å². The standard InChI is InChI=1S/C29H29N3O4/c1-4-6-8-11-18(3)31-26(33)20-14-16-22-25-23(17-15-21(24(20)25)27(31)34)29(36)32(28(22)35)30(5-2)19-12-9-7-10-13-19/h7,9-10,12-18H,4-6,8,11H2,1-3H3. The van der Waals surface area contributed by atoms with E-state index in [2.05, 4.69) is 6.92 Å². The molecule has 4 amide bonds. The number of hydrogen-bond acceptors (Lipinski definition) is 5. The summed E-state index contributed by atoms with van der Waals surface area (Å²) >= 11 is 0. The number of hydrogen-bond donors (Lipinski definition) is 0. The molecular weight excluding hydrogens is 454 g/mol. The first-order valence-electron chi connectivity index (χ1n) is 12.6. The zero-order valence-electron chi connectivity index (χ0n) is 20.8. The molecule has 3 aromatic carbocycles. The number of imide groups is 2. The summed E-state index contributed by atoms with van der Waals surface area (Å²) in [6.45, 7) is 6.28. The lowest BCUT2D eigenvalue weighted by Gasteiger charge is -2.38. The first-order chi connectivity index (χ1) is 17.4. The molecular formula is C29H29N3O4. The van der Waals surface area contributed by atoms with Gasteiger partial charge in [0.2, 0.25) is 0 Å². The molecule has 0 saturated heterocycles. The van der Waals surface area contributed by atoms with Gasteiger partial charge >= 0.3 is 0 Å². The van der Waals surface area contributed by atoms with Crippen molar-refractivity contribution < 1.29 is 19.2 Å². The summed E-state index contributed by atoms with van der Waals surface area (Å²) < 4.78 is 0. The van der Waals surface area contributed by atoms with Crippen molar-refractivity contribution in [2.45, 2.75) is 52.5 Å². The van der Waals surface area contributed by atoms with Crippen molar-refractivity contribution in [2.75, 3.05) is 11.6 Å². The minimum Gasteiger partial charge on any atom is -0.276 e.